The first-order chi connectivity index (χ1) is 19.0. The molecular weight excluding hydrogens is 572 g/mol. The van der Waals surface area contributed by atoms with Crippen molar-refractivity contribution < 1.29 is 19.1 Å². The zero-order chi connectivity index (χ0) is 26.9. The first-order valence-electron chi connectivity index (χ1n) is 12.5. The number of carbonyl (C=O) groups is 2. The normalized spacial score (nSPS) is 16.6. The minimum Gasteiger partial charge on any atom is -0.454 e. The molecule has 6 rings (SSSR count). The number of halogens is 1. The van der Waals surface area contributed by atoms with Crippen LogP contribution in [0, 0.1) is 0 Å². The Hall–Kier alpha value is -2.98. The van der Waals surface area contributed by atoms with E-state index in [0.717, 1.165) is 39.6 Å². The first kappa shape index (κ1) is 26.3. The van der Waals surface area contributed by atoms with Gasteiger partial charge in [-0.3, -0.25) is 19.4 Å². The Morgan fingerprint density at radius 3 is 2.67 bits per heavy atom. The maximum atomic E-state index is 13.4. The standard InChI is InChI=1S/C29H23ClN2O4S3/c30-19-10-12-25-21(16-19)32(20-6-3-4-7-24(20)38-25)27(33)8-2-1-5-13-31-28(34)26(39-29(31)37)15-18-9-11-22-23(14-18)36-17-35-22/h3-4,6-7,9-12,14-16H,1-2,5,8,13,17H2. The van der Waals surface area contributed by atoms with Crippen LogP contribution in [0.25, 0.3) is 6.08 Å². The van der Waals surface area contributed by atoms with E-state index in [4.69, 9.17) is 33.3 Å². The Bertz CT molecular complexity index is 1530. The molecule has 3 aliphatic rings. The summed E-state index contributed by atoms with van der Waals surface area (Å²) in [5, 5.41) is 0.600. The summed E-state index contributed by atoms with van der Waals surface area (Å²) in [4.78, 5) is 32.5. The van der Waals surface area contributed by atoms with Gasteiger partial charge in [-0.25, -0.2) is 0 Å². The fourth-order valence-corrected chi connectivity index (χ4v) is 7.19. The molecule has 3 heterocycles. The van der Waals surface area contributed by atoms with Gasteiger partial charge in [0.05, 0.1) is 16.3 Å². The molecule has 3 aromatic rings. The highest BCUT2D eigenvalue weighted by Crippen LogP contribution is 2.49. The van der Waals surface area contributed by atoms with Crippen molar-refractivity contribution in [1.82, 2.24) is 4.90 Å². The lowest BCUT2D eigenvalue weighted by molar-refractivity contribution is -0.122. The number of thioether (sulfide) groups is 1. The van der Waals surface area contributed by atoms with Crippen molar-refractivity contribution >= 4 is 80.9 Å². The Kier molecular flexibility index (Phi) is 7.57. The summed E-state index contributed by atoms with van der Waals surface area (Å²) in [6.07, 6.45) is 4.50. The maximum absolute atomic E-state index is 13.4. The number of hydrogen-bond donors (Lipinski definition) is 0. The van der Waals surface area contributed by atoms with Crippen LogP contribution in [0.4, 0.5) is 11.4 Å². The van der Waals surface area contributed by atoms with E-state index in [1.165, 1.54) is 11.8 Å². The minimum absolute atomic E-state index is 0.0311. The topological polar surface area (TPSA) is 59.1 Å². The number of benzene rings is 3. The molecule has 0 radical (unpaired) electrons. The van der Waals surface area contributed by atoms with Crippen molar-refractivity contribution in [2.24, 2.45) is 0 Å². The third-order valence-corrected chi connectivity index (χ3v) is 9.32. The average molecular weight is 595 g/mol. The predicted molar refractivity (Wildman–Crippen MR) is 160 cm³/mol. The lowest BCUT2D eigenvalue weighted by Crippen LogP contribution is -2.29. The highest BCUT2D eigenvalue weighted by molar-refractivity contribution is 8.26. The maximum Gasteiger partial charge on any atom is 0.266 e. The molecular formula is C29H23ClN2O4S3. The van der Waals surface area contributed by atoms with Gasteiger partial charge in [-0.15, -0.1) is 0 Å². The highest BCUT2D eigenvalue weighted by Gasteiger charge is 2.32. The molecule has 6 nitrogen and oxygen atoms in total. The van der Waals surface area contributed by atoms with E-state index in [1.807, 2.05) is 66.7 Å². The molecule has 0 saturated carbocycles. The van der Waals surface area contributed by atoms with Crippen LogP contribution in [-0.2, 0) is 9.59 Å². The number of thiocarbonyl (C=S) groups is 1. The van der Waals surface area contributed by atoms with Crippen LogP contribution in [0.2, 0.25) is 5.02 Å². The van der Waals surface area contributed by atoms with Gasteiger partial charge < -0.3 is 9.47 Å². The molecule has 0 spiro atoms. The number of hydrogen-bond acceptors (Lipinski definition) is 7. The zero-order valence-corrected chi connectivity index (χ0v) is 23.9. The predicted octanol–water partition coefficient (Wildman–Crippen LogP) is 7.66. The summed E-state index contributed by atoms with van der Waals surface area (Å²) < 4.78 is 11.3. The first-order valence-corrected chi connectivity index (χ1v) is 14.9. The van der Waals surface area contributed by atoms with E-state index in [2.05, 4.69) is 0 Å². The van der Waals surface area contributed by atoms with E-state index in [9.17, 15) is 9.59 Å². The number of anilines is 2. The van der Waals surface area contributed by atoms with E-state index in [-0.39, 0.29) is 18.6 Å². The molecule has 1 saturated heterocycles. The van der Waals surface area contributed by atoms with Crippen molar-refractivity contribution in [2.75, 3.05) is 18.2 Å². The summed E-state index contributed by atoms with van der Waals surface area (Å²) in [5.74, 6) is 1.32. The van der Waals surface area contributed by atoms with Crippen LogP contribution in [-0.4, -0.2) is 34.4 Å². The summed E-state index contributed by atoms with van der Waals surface area (Å²) >= 11 is 14.7. The highest BCUT2D eigenvalue weighted by atomic mass is 35.5. The lowest BCUT2D eigenvalue weighted by Gasteiger charge is -2.31. The van der Waals surface area contributed by atoms with Gasteiger partial charge in [0.25, 0.3) is 5.91 Å². The Morgan fingerprint density at radius 2 is 1.77 bits per heavy atom. The van der Waals surface area contributed by atoms with Gasteiger partial charge in [0, 0.05) is 27.8 Å². The molecule has 3 aromatic carbocycles. The molecule has 2 amide bonds. The monoisotopic (exact) mass is 594 g/mol. The molecule has 0 N–H and O–H groups in total. The second kappa shape index (κ2) is 11.3. The van der Waals surface area contributed by atoms with Gasteiger partial charge in [0.2, 0.25) is 12.7 Å². The largest absolute Gasteiger partial charge is 0.454 e. The van der Waals surface area contributed by atoms with E-state index < -0.39 is 0 Å². The van der Waals surface area contributed by atoms with Gasteiger partial charge in [-0.05, 0) is 66.9 Å². The van der Waals surface area contributed by atoms with Gasteiger partial charge in [0.1, 0.15) is 4.32 Å². The van der Waals surface area contributed by atoms with Crippen LogP contribution in [0.1, 0.15) is 31.2 Å². The van der Waals surface area contributed by atoms with Crippen LogP contribution in [0.5, 0.6) is 11.5 Å². The molecule has 0 bridgehead atoms. The molecule has 3 aliphatic heterocycles. The van der Waals surface area contributed by atoms with Gasteiger partial charge in [0.15, 0.2) is 11.5 Å². The molecule has 39 heavy (non-hydrogen) atoms. The Morgan fingerprint density at radius 1 is 0.949 bits per heavy atom. The Balaban J connectivity index is 1.04. The number of ether oxygens (including phenoxy) is 2. The van der Waals surface area contributed by atoms with Crippen molar-refractivity contribution in [3.05, 3.63) is 76.2 Å². The van der Waals surface area contributed by atoms with Gasteiger partial charge in [-0.1, -0.05) is 72.0 Å². The van der Waals surface area contributed by atoms with Crippen molar-refractivity contribution in [2.45, 2.75) is 35.5 Å². The van der Waals surface area contributed by atoms with Crippen molar-refractivity contribution in [1.29, 1.82) is 0 Å². The van der Waals surface area contributed by atoms with E-state index in [0.29, 0.717) is 45.1 Å². The number of para-hydroxylation sites is 1. The molecule has 0 aromatic heterocycles. The summed E-state index contributed by atoms with van der Waals surface area (Å²) in [6.45, 7) is 0.734. The summed E-state index contributed by atoms with van der Waals surface area (Å²) in [6, 6.07) is 19.2. The molecule has 0 atom stereocenters. The minimum atomic E-state index is -0.0883. The summed E-state index contributed by atoms with van der Waals surface area (Å²) in [5.41, 5.74) is 2.57. The van der Waals surface area contributed by atoms with Crippen molar-refractivity contribution in [3.8, 4) is 11.5 Å². The molecule has 10 heteroatoms. The lowest BCUT2D eigenvalue weighted by atomic mass is 10.1. The van der Waals surface area contributed by atoms with Crippen LogP contribution < -0.4 is 14.4 Å². The number of amides is 2. The smallest absolute Gasteiger partial charge is 0.266 e. The molecule has 0 aliphatic carbocycles. The number of unbranched alkanes of at least 4 members (excludes halogenated alkanes) is 2. The molecule has 0 unspecified atom stereocenters. The van der Waals surface area contributed by atoms with E-state index >= 15 is 0 Å². The van der Waals surface area contributed by atoms with Crippen LogP contribution in [0.15, 0.2) is 75.4 Å². The zero-order valence-electron chi connectivity index (χ0n) is 20.7. The summed E-state index contributed by atoms with van der Waals surface area (Å²) in [7, 11) is 0. The SMILES string of the molecule is O=C1C(=Cc2ccc3c(c2)OCO3)SC(=S)N1CCCCCC(=O)N1c2ccccc2Sc2ccc(Cl)cc21. The van der Waals surface area contributed by atoms with Crippen molar-refractivity contribution in [3.63, 3.8) is 0 Å². The van der Waals surface area contributed by atoms with Gasteiger partial charge >= 0.3 is 0 Å². The number of fused-ring (bicyclic) bond motifs is 3. The van der Waals surface area contributed by atoms with Crippen LogP contribution in [0.3, 0.4) is 0 Å². The second-order valence-corrected chi connectivity index (χ2v) is 12.4. The van der Waals surface area contributed by atoms with Crippen LogP contribution >= 0.6 is 47.3 Å². The second-order valence-electron chi connectivity index (χ2n) is 9.17. The third kappa shape index (κ3) is 5.41. The molecule has 198 valence electrons. The number of nitrogens with zero attached hydrogens (tertiary/aromatic N) is 2. The number of carbonyl (C=O) groups excluding carboxylic acids is 2. The fraction of sp³-hybridized carbons (Fsp3) is 0.207. The quantitative estimate of drug-likeness (QED) is 0.158. The molecule has 1 fully saturated rings. The average Bonchev–Trinajstić information content (AvgIpc) is 3.50. The number of rotatable bonds is 7. The third-order valence-electron chi connectivity index (χ3n) is 6.58. The van der Waals surface area contributed by atoms with Gasteiger partial charge in [-0.2, -0.15) is 0 Å². The fourth-order valence-electron chi connectivity index (χ4n) is 4.68. The van der Waals surface area contributed by atoms with E-state index in [1.54, 1.807) is 21.6 Å². The Labute approximate surface area is 245 Å².